The summed E-state index contributed by atoms with van der Waals surface area (Å²) in [7, 11) is 0. The van der Waals surface area contributed by atoms with E-state index in [4.69, 9.17) is 16.7 Å². The molecule has 0 unspecified atom stereocenters. The van der Waals surface area contributed by atoms with E-state index in [1.54, 1.807) is 23.1 Å². The third kappa shape index (κ3) is 3.07. The van der Waals surface area contributed by atoms with Crippen LogP contribution in [0, 0.1) is 12.8 Å². The zero-order valence-corrected chi connectivity index (χ0v) is 11.5. The van der Waals surface area contributed by atoms with Crippen molar-refractivity contribution in [2.45, 2.75) is 19.8 Å². The molecule has 1 atom stereocenters. The molecule has 1 saturated heterocycles. The minimum Gasteiger partial charge on any atom is -0.481 e. The van der Waals surface area contributed by atoms with E-state index in [1.165, 1.54) is 0 Å². The molecule has 1 heterocycles. The zero-order valence-electron chi connectivity index (χ0n) is 10.7. The maximum Gasteiger partial charge on any atom is 0.308 e. The van der Waals surface area contributed by atoms with Crippen LogP contribution in [0.2, 0.25) is 5.02 Å². The number of likely N-dealkylation sites (tertiary alicyclic amines) is 1. The van der Waals surface area contributed by atoms with Gasteiger partial charge in [-0.2, -0.15) is 0 Å². The molecule has 1 aliphatic heterocycles. The Kier molecular flexibility index (Phi) is 4.10. The number of carbonyl (C=O) groups excluding carboxylic acids is 1. The van der Waals surface area contributed by atoms with Crippen LogP contribution in [-0.4, -0.2) is 35.0 Å². The van der Waals surface area contributed by atoms with E-state index >= 15 is 0 Å². The maximum atomic E-state index is 12.3. The molecule has 5 heteroatoms. The highest BCUT2D eigenvalue weighted by atomic mass is 35.5. The van der Waals surface area contributed by atoms with Gasteiger partial charge >= 0.3 is 5.97 Å². The summed E-state index contributed by atoms with van der Waals surface area (Å²) in [6.45, 7) is 2.75. The average molecular weight is 282 g/mol. The highest BCUT2D eigenvalue weighted by Gasteiger charge is 2.28. The third-order valence-electron chi connectivity index (χ3n) is 3.46. The second-order valence-electron chi connectivity index (χ2n) is 4.89. The molecule has 0 spiro atoms. The molecule has 1 aromatic rings. The van der Waals surface area contributed by atoms with E-state index in [9.17, 15) is 9.59 Å². The van der Waals surface area contributed by atoms with Gasteiger partial charge in [-0.15, -0.1) is 0 Å². The number of aryl methyl sites for hydroxylation is 1. The highest BCUT2D eigenvalue weighted by molar-refractivity contribution is 6.31. The Morgan fingerprint density at radius 2 is 2.16 bits per heavy atom. The quantitative estimate of drug-likeness (QED) is 0.906. The van der Waals surface area contributed by atoms with Crippen molar-refractivity contribution in [3.05, 3.63) is 34.3 Å². The summed E-state index contributed by atoms with van der Waals surface area (Å²) in [6, 6.07) is 5.12. The highest BCUT2D eigenvalue weighted by Crippen LogP contribution is 2.21. The van der Waals surface area contributed by atoms with Gasteiger partial charge in [0.15, 0.2) is 0 Å². The summed E-state index contributed by atoms with van der Waals surface area (Å²) in [6.07, 6.45) is 1.37. The van der Waals surface area contributed by atoms with Crippen LogP contribution in [0.3, 0.4) is 0 Å². The molecule has 1 N–H and O–H groups in total. The number of carbonyl (C=O) groups is 2. The first-order valence-electron chi connectivity index (χ1n) is 6.27. The van der Waals surface area contributed by atoms with E-state index in [0.717, 1.165) is 12.0 Å². The number of rotatable bonds is 2. The van der Waals surface area contributed by atoms with Gasteiger partial charge in [0.05, 0.1) is 5.92 Å². The molecule has 4 nitrogen and oxygen atoms in total. The third-order valence-corrected chi connectivity index (χ3v) is 3.89. The molecule has 19 heavy (non-hydrogen) atoms. The van der Waals surface area contributed by atoms with Crippen LogP contribution in [-0.2, 0) is 4.79 Å². The number of carboxylic acid groups (broad SMARTS) is 1. The number of amides is 1. The van der Waals surface area contributed by atoms with Crippen LogP contribution in [0.5, 0.6) is 0 Å². The van der Waals surface area contributed by atoms with Gasteiger partial charge in [0.2, 0.25) is 0 Å². The molecule has 0 saturated carbocycles. The van der Waals surface area contributed by atoms with Gasteiger partial charge in [-0.3, -0.25) is 9.59 Å². The van der Waals surface area contributed by atoms with E-state index < -0.39 is 11.9 Å². The monoisotopic (exact) mass is 281 g/mol. The van der Waals surface area contributed by atoms with Gasteiger partial charge in [-0.25, -0.2) is 0 Å². The Labute approximate surface area is 117 Å². The van der Waals surface area contributed by atoms with Crippen LogP contribution in [0.1, 0.15) is 28.8 Å². The standard InChI is InChI=1S/C14H16ClNO3/c1-9-7-10(4-5-12(9)15)13(17)16-6-2-3-11(8-16)14(18)19/h4-5,7,11H,2-3,6,8H2,1H3,(H,18,19)/t11-/m1/s1. The molecule has 0 bridgehead atoms. The number of hydrogen-bond donors (Lipinski definition) is 1. The molecule has 1 aromatic carbocycles. The van der Waals surface area contributed by atoms with Crippen molar-refractivity contribution in [1.29, 1.82) is 0 Å². The Morgan fingerprint density at radius 1 is 1.42 bits per heavy atom. The topological polar surface area (TPSA) is 57.6 Å². The zero-order chi connectivity index (χ0) is 14.0. The van der Waals surface area contributed by atoms with Gasteiger partial charge in [0, 0.05) is 23.7 Å². The van der Waals surface area contributed by atoms with Crippen LogP contribution >= 0.6 is 11.6 Å². The molecule has 102 valence electrons. The first-order valence-corrected chi connectivity index (χ1v) is 6.65. The summed E-state index contributed by atoms with van der Waals surface area (Å²) in [4.78, 5) is 24.9. The van der Waals surface area contributed by atoms with E-state index in [-0.39, 0.29) is 12.5 Å². The average Bonchev–Trinajstić information content (AvgIpc) is 2.41. The minimum atomic E-state index is -0.829. The van der Waals surface area contributed by atoms with Crippen molar-refractivity contribution < 1.29 is 14.7 Å². The van der Waals surface area contributed by atoms with Crippen LogP contribution in [0.4, 0.5) is 0 Å². The molecule has 0 aromatic heterocycles. The van der Waals surface area contributed by atoms with Gasteiger partial charge in [-0.05, 0) is 43.5 Å². The predicted octanol–water partition coefficient (Wildman–Crippen LogP) is 2.59. The lowest BCUT2D eigenvalue weighted by Crippen LogP contribution is -2.42. The largest absolute Gasteiger partial charge is 0.481 e. The first-order chi connectivity index (χ1) is 8.99. The van der Waals surface area contributed by atoms with Crippen molar-refractivity contribution in [1.82, 2.24) is 4.90 Å². The van der Waals surface area contributed by atoms with Gasteiger partial charge in [0.1, 0.15) is 0 Å². The Balaban J connectivity index is 2.14. The molecule has 0 aliphatic carbocycles. The smallest absolute Gasteiger partial charge is 0.308 e. The second-order valence-corrected chi connectivity index (χ2v) is 5.30. The van der Waals surface area contributed by atoms with Crippen molar-refractivity contribution in [2.75, 3.05) is 13.1 Å². The number of hydrogen-bond acceptors (Lipinski definition) is 2. The SMILES string of the molecule is Cc1cc(C(=O)N2CCC[C@@H](C(=O)O)C2)ccc1Cl. The van der Waals surface area contributed by atoms with Crippen LogP contribution in [0.15, 0.2) is 18.2 Å². The van der Waals surface area contributed by atoms with Gasteiger partial charge in [0.25, 0.3) is 5.91 Å². The lowest BCUT2D eigenvalue weighted by Gasteiger charge is -2.30. The Morgan fingerprint density at radius 3 is 2.79 bits per heavy atom. The number of aliphatic carboxylic acids is 1. The molecular formula is C14H16ClNO3. The summed E-state index contributed by atoms with van der Waals surface area (Å²) >= 11 is 5.93. The fraction of sp³-hybridized carbons (Fsp3) is 0.429. The lowest BCUT2D eigenvalue weighted by molar-refractivity contribution is -0.143. The predicted molar refractivity (Wildman–Crippen MR) is 72.5 cm³/mol. The summed E-state index contributed by atoms with van der Waals surface area (Å²) in [5, 5.41) is 9.66. The van der Waals surface area contributed by atoms with E-state index in [0.29, 0.717) is 23.6 Å². The van der Waals surface area contributed by atoms with Crippen LogP contribution < -0.4 is 0 Å². The molecule has 1 fully saturated rings. The fourth-order valence-electron chi connectivity index (χ4n) is 2.32. The summed E-state index contributed by atoms with van der Waals surface area (Å²) in [5.41, 5.74) is 1.41. The Bertz CT molecular complexity index is 515. The molecule has 2 rings (SSSR count). The second kappa shape index (κ2) is 5.61. The number of halogens is 1. The Hall–Kier alpha value is -1.55. The minimum absolute atomic E-state index is 0.120. The summed E-state index contributed by atoms with van der Waals surface area (Å²) in [5.74, 6) is -1.40. The van der Waals surface area contributed by atoms with Gasteiger partial charge < -0.3 is 10.0 Å². The molecule has 1 amide bonds. The lowest BCUT2D eigenvalue weighted by atomic mass is 9.97. The van der Waals surface area contributed by atoms with Crippen molar-refractivity contribution in [3.8, 4) is 0 Å². The van der Waals surface area contributed by atoms with Crippen molar-refractivity contribution >= 4 is 23.5 Å². The molecular weight excluding hydrogens is 266 g/mol. The van der Waals surface area contributed by atoms with E-state index in [1.807, 2.05) is 6.92 Å². The maximum absolute atomic E-state index is 12.3. The molecule has 1 aliphatic rings. The number of carboxylic acids is 1. The first kappa shape index (κ1) is 13.9. The number of piperidine rings is 1. The van der Waals surface area contributed by atoms with Gasteiger partial charge in [-0.1, -0.05) is 11.6 Å². The van der Waals surface area contributed by atoms with Crippen molar-refractivity contribution in [2.24, 2.45) is 5.92 Å². The van der Waals surface area contributed by atoms with Crippen molar-refractivity contribution in [3.63, 3.8) is 0 Å². The fourth-order valence-corrected chi connectivity index (χ4v) is 2.44. The van der Waals surface area contributed by atoms with Crippen LogP contribution in [0.25, 0.3) is 0 Å². The molecule has 0 radical (unpaired) electrons. The number of benzene rings is 1. The van der Waals surface area contributed by atoms with E-state index in [2.05, 4.69) is 0 Å². The normalized spacial score (nSPS) is 19.3. The summed E-state index contributed by atoms with van der Waals surface area (Å²) < 4.78 is 0. The number of nitrogens with zero attached hydrogens (tertiary/aromatic N) is 1.